The highest BCUT2D eigenvalue weighted by molar-refractivity contribution is 7.80. The maximum absolute atomic E-state index is 11.9. The van der Waals surface area contributed by atoms with Gasteiger partial charge in [0.05, 0.1) is 0 Å². The lowest BCUT2D eigenvalue weighted by Gasteiger charge is -2.12. The fourth-order valence-electron chi connectivity index (χ4n) is 2.58. The van der Waals surface area contributed by atoms with E-state index in [0.29, 0.717) is 22.4 Å². The van der Waals surface area contributed by atoms with E-state index in [1.54, 1.807) is 0 Å². The molecule has 0 bridgehead atoms. The Morgan fingerprint density at radius 2 is 1.71 bits per heavy atom. The molecule has 0 radical (unpaired) electrons. The normalized spacial score (nSPS) is 10.3. The first-order valence-corrected chi connectivity index (χ1v) is 9.57. The Kier molecular flexibility index (Phi) is 7.06. The fraction of sp³-hybridized carbons (Fsp3) is 0.143. The number of carbonyl (C=O) groups is 1. The highest BCUT2D eigenvalue weighted by Crippen LogP contribution is 2.20. The molecule has 0 unspecified atom stereocenters. The zero-order valence-electron chi connectivity index (χ0n) is 15.1. The Labute approximate surface area is 174 Å². The van der Waals surface area contributed by atoms with Crippen LogP contribution in [0.15, 0.2) is 66.7 Å². The molecule has 0 fully saturated rings. The molecule has 1 amide bonds. The molecule has 0 saturated heterocycles. The molecule has 3 aromatic rings. The largest absolute Gasteiger partial charge is 0.484 e. The van der Waals surface area contributed by atoms with Gasteiger partial charge >= 0.3 is 0 Å². The number of fused-ring (bicyclic) bond motifs is 1. The maximum atomic E-state index is 11.9. The van der Waals surface area contributed by atoms with Crippen LogP contribution in [0.25, 0.3) is 10.8 Å². The zero-order chi connectivity index (χ0) is 19.8. The molecule has 0 aliphatic carbocycles. The van der Waals surface area contributed by atoms with E-state index in [2.05, 4.69) is 16.2 Å². The van der Waals surface area contributed by atoms with E-state index in [1.165, 1.54) is 0 Å². The van der Waals surface area contributed by atoms with E-state index in [0.717, 1.165) is 22.8 Å². The smallest absolute Gasteiger partial charge is 0.276 e. The first-order valence-electron chi connectivity index (χ1n) is 8.79. The second kappa shape index (κ2) is 9.92. The van der Waals surface area contributed by atoms with Gasteiger partial charge in [0.25, 0.3) is 5.91 Å². The van der Waals surface area contributed by atoms with Gasteiger partial charge in [-0.15, -0.1) is 0 Å². The SMILES string of the molecule is O=C(COc1ccc2ccccc2c1)NNC(=S)NCCc1ccc(Cl)cc1. The minimum absolute atomic E-state index is 0.112. The third-order valence-corrected chi connectivity index (χ3v) is 4.52. The Bertz CT molecular complexity index is 963. The summed E-state index contributed by atoms with van der Waals surface area (Å²) < 4.78 is 5.53. The van der Waals surface area contributed by atoms with E-state index in [4.69, 9.17) is 28.6 Å². The van der Waals surface area contributed by atoms with Gasteiger partial charge in [-0.05, 0) is 59.2 Å². The van der Waals surface area contributed by atoms with Gasteiger partial charge in [0.15, 0.2) is 11.7 Å². The topological polar surface area (TPSA) is 62.4 Å². The number of benzene rings is 3. The molecule has 144 valence electrons. The number of halogens is 1. The molecule has 0 aliphatic rings. The predicted molar refractivity (Wildman–Crippen MR) is 116 cm³/mol. The minimum Gasteiger partial charge on any atom is -0.484 e. The average molecular weight is 414 g/mol. The van der Waals surface area contributed by atoms with Crippen LogP contribution >= 0.6 is 23.8 Å². The average Bonchev–Trinajstić information content (AvgIpc) is 2.72. The van der Waals surface area contributed by atoms with Gasteiger partial charge in [-0.2, -0.15) is 0 Å². The van der Waals surface area contributed by atoms with Crippen molar-refractivity contribution in [2.45, 2.75) is 6.42 Å². The Hall–Kier alpha value is -2.83. The number of carbonyl (C=O) groups excluding carboxylic acids is 1. The van der Waals surface area contributed by atoms with E-state index in [9.17, 15) is 4.79 Å². The van der Waals surface area contributed by atoms with E-state index in [1.807, 2.05) is 66.7 Å². The molecule has 5 nitrogen and oxygen atoms in total. The number of rotatable bonds is 6. The highest BCUT2D eigenvalue weighted by Gasteiger charge is 2.04. The van der Waals surface area contributed by atoms with Crippen LogP contribution in [-0.2, 0) is 11.2 Å². The lowest BCUT2D eigenvalue weighted by atomic mass is 10.1. The van der Waals surface area contributed by atoms with Crippen LogP contribution in [0.1, 0.15) is 5.56 Å². The summed E-state index contributed by atoms with van der Waals surface area (Å²) in [6, 6.07) is 21.3. The van der Waals surface area contributed by atoms with Gasteiger partial charge < -0.3 is 10.1 Å². The summed E-state index contributed by atoms with van der Waals surface area (Å²) in [6.45, 7) is 0.523. The van der Waals surface area contributed by atoms with Gasteiger partial charge in [0, 0.05) is 11.6 Å². The number of hydrogen-bond donors (Lipinski definition) is 3. The second-order valence-electron chi connectivity index (χ2n) is 6.10. The molecule has 7 heteroatoms. The number of nitrogens with one attached hydrogen (secondary N) is 3. The molecule has 0 aromatic heterocycles. The van der Waals surface area contributed by atoms with Crippen molar-refractivity contribution in [2.75, 3.05) is 13.2 Å². The monoisotopic (exact) mass is 413 g/mol. The Balaban J connectivity index is 1.35. The number of hydrazine groups is 1. The molecular formula is C21H20ClN3O2S. The predicted octanol–water partition coefficient (Wildman–Crippen LogP) is 3.61. The molecule has 0 saturated carbocycles. The molecule has 0 atom stereocenters. The van der Waals surface area contributed by atoms with Gasteiger partial charge in [0.1, 0.15) is 5.75 Å². The van der Waals surface area contributed by atoms with Crippen molar-refractivity contribution < 1.29 is 9.53 Å². The lowest BCUT2D eigenvalue weighted by molar-refractivity contribution is -0.123. The quantitative estimate of drug-likeness (QED) is 0.425. The first-order chi connectivity index (χ1) is 13.6. The second-order valence-corrected chi connectivity index (χ2v) is 6.95. The van der Waals surface area contributed by atoms with Crippen molar-refractivity contribution in [3.63, 3.8) is 0 Å². The molecule has 3 N–H and O–H groups in total. The fourth-order valence-corrected chi connectivity index (χ4v) is 2.86. The summed E-state index contributed by atoms with van der Waals surface area (Å²) in [4.78, 5) is 11.9. The van der Waals surface area contributed by atoms with Crippen LogP contribution < -0.4 is 20.9 Å². The zero-order valence-corrected chi connectivity index (χ0v) is 16.6. The Morgan fingerprint density at radius 1 is 0.964 bits per heavy atom. The van der Waals surface area contributed by atoms with Crippen molar-refractivity contribution in [3.8, 4) is 5.75 Å². The molecule has 3 rings (SSSR count). The van der Waals surface area contributed by atoms with Crippen molar-refractivity contribution in [2.24, 2.45) is 0 Å². The summed E-state index contributed by atoms with van der Waals surface area (Å²) in [5, 5.41) is 6.26. The van der Waals surface area contributed by atoms with E-state index < -0.39 is 0 Å². The third kappa shape index (κ3) is 6.11. The Morgan fingerprint density at radius 3 is 2.50 bits per heavy atom. The first kappa shape index (κ1) is 19.9. The van der Waals surface area contributed by atoms with Gasteiger partial charge in [-0.1, -0.05) is 54.1 Å². The number of ether oxygens (including phenoxy) is 1. The van der Waals surface area contributed by atoms with Crippen LogP contribution in [0.5, 0.6) is 5.75 Å². The number of thiocarbonyl (C=S) groups is 1. The van der Waals surface area contributed by atoms with Crippen molar-refractivity contribution in [3.05, 3.63) is 77.3 Å². The molecule has 0 spiro atoms. The van der Waals surface area contributed by atoms with Crippen LogP contribution in [0.3, 0.4) is 0 Å². The molecule has 0 heterocycles. The van der Waals surface area contributed by atoms with Crippen LogP contribution in [0, 0.1) is 0 Å². The number of hydrogen-bond acceptors (Lipinski definition) is 3. The van der Waals surface area contributed by atoms with Crippen molar-refractivity contribution in [1.29, 1.82) is 0 Å². The van der Waals surface area contributed by atoms with Crippen molar-refractivity contribution in [1.82, 2.24) is 16.2 Å². The van der Waals surface area contributed by atoms with Gasteiger partial charge in [0.2, 0.25) is 0 Å². The molecule has 0 aliphatic heterocycles. The lowest BCUT2D eigenvalue weighted by Crippen LogP contribution is -2.48. The minimum atomic E-state index is -0.324. The van der Waals surface area contributed by atoms with E-state index >= 15 is 0 Å². The summed E-state index contributed by atoms with van der Waals surface area (Å²) in [7, 11) is 0. The van der Waals surface area contributed by atoms with E-state index in [-0.39, 0.29) is 12.5 Å². The van der Waals surface area contributed by atoms with Crippen LogP contribution in [0.4, 0.5) is 0 Å². The molecule has 3 aromatic carbocycles. The maximum Gasteiger partial charge on any atom is 0.276 e. The molecule has 28 heavy (non-hydrogen) atoms. The van der Waals surface area contributed by atoms with Crippen molar-refractivity contribution >= 4 is 45.6 Å². The summed E-state index contributed by atoms with van der Waals surface area (Å²) in [5.74, 6) is 0.313. The summed E-state index contributed by atoms with van der Waals surface area (Å²) in [5.41, 5.74) is 6.32. The standard InChI is InChI=1S/C21H20ClN3O2S/c22-18-8-5-15(6-9-18)11-12-23-21(28)25-24-20(26)14-27-19-10-7-16-3-1-2-4-17(16)13-19/h1-10,13H,11-12,14H2,(H,24,26)(H2,23,25,28). The summed E-state index contributed by atoms with van der Waals surface area (Å²) in [6.07, 6.45) is 0.790. The van der Waals surface area contributed by atoms with Crippen LogP contribution in [0.2, 0.25) is 5.02 Å². The highest BCUT2D eigenvalue weighted by atomic mass is 35.5. The molecular weight excluding hydrogens is 394 g/mol. The third-order valence-electron chi connectivity index (χ3n) is 4.02. The van der Waals surface area contributed by atoms with Gasteiger partial charge in [-0.25, -0.2) is 0 Å². The summed E-state index contributed by atoms with van der Waals surface area (Å²) >= 11 is 11.0. The van der Waals surface area contributed by atoms with Gasteiger partial charge in [-0.3, -0.25) is 15.6 Å². The number of amides is 1. The van der Waals surface area contributed by atoms with Crippen LogP contribution in [-0.4, -0.2) is 24.2 Å².